The molecular formula is C28H33ClN4O2. The monoisotopic (exact) mass is 492 g/mol. The Hall–Kier alpha value is -2.41. The predicted molar refractivity (Wildman–Crippen MR) is 139 cm³/mol. The third-order valence-electron chi connectivity index (χ3n) is 8.07. The van der Waals surface area contributed by atoms with Crippen molar-refractivity contribution in [2.24, 2.45) is 5.92 Å². The van der Waals surface area contributed by atoms with Crippen LogP contribution in [0.5, 0.6) is 5.75 Å². The summed E-state index contributed by atoms with van der Waals surface area (Å²) in [6.45, 7) is 7.01. The van der Waals surface area contributed by atoms with Gasteiger partial charge in [-0.25, -0.2) is 0 Å². The number of halogens is 1. The molecule has 2 aromatic rings. The maximum atomic E-state index is 13.4. The molecule has 3 aliphatic heterocycles. The number of rotatable bonds is 4. The van der Waals surface area contributed by atoms with Crippen LogP contribution in [0.2, 0.25) is 5.02 Å². The van der Waals surface area contributed by atoms with Gasteiger partial charge in [-0.1, -0.05) is 23.8 Å². The molecule has 7 heteroatoms. The van der Waals surface area contributed by atoms with Gasteiger partial charge >= 0.3 is 0 Å². The highest BCUT2D eigenvalue weighted by Gasteiger charge is 2.36. The molecule has 35 heavy (non-hydrogen) atoms. The summed E-state index contributed by atoms with van der Waals surface area (Å²) in [4.78, 5) is 24.9. The molecule has 4 heterocycles. The number of aromatic nitrogens is 1. The first-order chi connectivity index (χ1) is 17.0. The highest BCUT2D eigenvalue weighted by atomic mass is 35.5. The van der Waals surface area contributed by atoms with Gasteiger partial charge < -0.3 is 14.5 Å². The Bertz CT molecular complexity index is 1150. The van der Waals surface area contributed by atoms with Gasteiger partial charge in [-0.2, -0.15) is 0 Å². The molecule has 2 fully saturated rings. The van der Waals surface area contributed by atoms with Crippen molar-refractivity contribution in [3.8, 4) is 16.9 Å². The second kappa shape index (κ2) is 9.57. The van der Waals surface area contributed by atoms with Crippen LogP contribution in [0, 0.1) is 5.92 Å². The minimum atomic E-state index is -0.479. The van der Waals surface area contributed by atoms with E-state index in [1.54, 1.807) is 0 Å². The van der Waals surface area contributed by atoms with Crippen molar-refractivity contribution in [1.82, 2.24) is 19.7 Å². The zero-order valence-corrected chi connectivity index (χ0v) is 21.1. The van der Waals surface area contributed by atoms with Gasteiger partial charge in [0, 0.05) is 73.5 Å². The van der Waals surface area contributed by atoms with Crippen molar-refractivity contribution in [3.63, 3.8) is 0 Å². The number of carbonyl (C=O) groups excluding carboxylic acids is 1. The molecule has 1 amide bonds. The van der Waals surface area contributed by atoms with Crippen molar-refractivity contribution in [3.05, 3.63) is 52.3 Å². The normalized spacial score (nSPS) is 22.8. The average Bonchev–Trinajstić information content (AvgIpc) is 3.52. The van der Waals surface area contributed by atoms with Crippen LogP contribution >= 0.6 is 11.6 Å². The number of nitrogens with zero attached hydrogens (tertiary/aromatic N) is 4. The van der Waals surface area contributed by atoms with Crippen molar-refractivity contribution in [2.45, 2.75) is 31.8 Å². The van der Waals surface area contributed by atoms with Crippen LogP contribution in [-0.4, -0.2) is 84.6 Å². The minimum Gasteiger partial charge on any atom is -0.479 e. The number of allylic oxidation sites excluding steroid dienone is 1. The lowest BCUT2D eigenvalue weighted by Crippen LogP contribution is -2.53. The number of piperidine rings is 1. The Kier molecular flexibility index (Phi) is 6.29. The lowest BCUT2D eigenvalue weighted by Gasteiger charge is -2.38. The summed E-state index contributed by atoms with van der Waals surface area (Å²) in [5, 5.41) is 0.672. The van der Waals surface area contributed by atoms with Crippen LogP contribution in [0.3, 0.4) is 0 Å². The summed E-state index contributed by atoms with van der Waals surface area (Å²) in [6, 6.07) is 5.92. The maximum Gasteiger partial charge on any atom is 0.264 e. The first kappa shape index (κ1) is 23.0. The molecule has 4 aliphatic rings. The largest absolute Gasteiger partial charge is 0.479 e. The van der Waals surface area contributed by atoms with Crippen LogP contribution in [0.1, 0.15) is 29.7 Å². The number of amides is 1. The third kappa shape index (κ3) is 4.59. The smallest absolute Gasteiger partial charge is 0.264 e. The number of pyridine rings is 1. The van der Waals surface area contributed by atoms with Gasteiger partial charge in [-0.15, -0.1) is 0 Å². The van der Waals surface area contributed by atoms with Crippen LogP contribution in [-0.2, 0) is 17.6 Å². The topological polar surface area (TPSA) is 48.9 Å². The van der Waals surface area contributed by atoms with Gasteiger partial charge in [-0.05, 0) is 62.7 Å². The summed E-state index contributed by atoms with van der Waals surface area (Å²) in [5.74, 6) is 1.68. The van der Waals surface area contributed by atoms with E-state index in [1.807, 2.05) is 29.3 Å². The second-order valence-corrected chi connectivity index (χ2v) is 10.9. The summed E-state index contributed by atoms with van der Waals surface area (Å²) in [5.41, 5.74) is 5.23. The van der Waals surface area contributed by atoms with Crippen LogP contribution < -0.4 is 4.74 Å². The van der Waals surface area contributed by atoms with Gasteiger partial charge in [0.2, 0.25) is 0 Å². The Morgan fingerprint density at radius 3 is 2.71 bits per heavy atom. The van der Waals surface area contributed by atoms with Crippen molar-refractivity contribution >= 4 is 23.6 Å². The SMILES string of the molecule is CN1CCC(CN2CCN(C(=O)C3Cc4cc(Cl)cc(-c5ccnc6c5C=CC6)c4O3)CC2)CC1. The number of carbonyl (C=O) groups is 1. The summed E-state index contributed by atoms with van der Waals surface area (Å²) < 4.78 is 6.37. The van der Waals surface area contributed by atoms with E-state index < -0.39 is 6.10 Å². The molecule has 0 saturated carbocycles. The van der Waals surface area contributed by atoms with Crippen LogP contribution in [0.4, 0.5) is 0 Å². The number of hydrogen-bond acceptors (Lipinski definition) is 5. The predicted octanol–water partition coefficient (Wildman–Crippen LogP) is 3.76. The second-order valence-electron chi connectivity index (χ2n) is 10.5. The summed E-state index contributed by atoms with van der Waals surface area (Å²) in [7, 11) is 2.21. The molecule has 1 unspecified atom stereocenters. The Morgan fingerprint density at radius 1 is 1.11 bits per heavy atom. The number of benzene rings is 1. The molecule has 1 aliphatic carbocycles. The summed E-state index contributed by atoms with van der Waals surface area (Å²) in [6.07, 6.45) is 9.60. The number of hydrogen-bond donors (Lipinski definition) is 0. The van der Waals surface area contributed by atoms with E-state index in [-0.39, 0.29) is 5.91 Å². The van der Waals surface area contributed by atoms with Crippen molar-refractivity contribution in [2.75, 3.05) is 52.9 Å². The van der Waals surface area contributed by atoms with Crippen LogP contribution in [0.15, 0.2) is 30.5 Å². The third-order valence-corrected chi connectivity index (χ3v) is 8.29. The fourth-order valence-electron chi connectivity index (χ4n) is 6.02. The van der Waals surface area contributed by atoms with E-state index in [4.69, 9.17) is 16.3 Å². The van der Waals surface area contributed by atoms with E-state index >= 15 is 0 Å². The van der Waals surface area contributed by atoms with Crippen molar-refractivity contribution in [1.29, 1.82) is 0 Å². The molecular weight excluding hydrogens is 460 g/mol. The van der Waals surface area contributed by atoms with Gasteiger partial charge in [0.05, 0.1) is 5.69 Å². The molecule has 0 N–H and O–H groups in total. The molecule has 1 atom stereocenters. The molecule has 6 rings (SSSR count). The van der Waals surface area contributed by atoms with Crippen LogP contribution in [0.25, 0.3) is 17.2 Å². The van der Waals surface area contributed by atoms with Crippen molar-refractivity contribution < 1.29 is 9.53 Å². The molecule has 1 aromatic heterocycles. The fourth-order valence-corrected chi connectivity index (χ4v) is 6.26. The van der Waals surface area contributed by atoms with E-state index in [1.165, 1.54) is 25.9 Å². The highest BCUT2D eigenvalue weighted by Crippen LogP contribution is 2.43. The molecule has 0 spiro atoms. The van der Waals surface area contributed by atoms with Gasteiger partial charge in [0.1, 0.15) is 5.75 Å². The average molecular weight is 493 g/mol. The zero-order chi connectivity index (χ0) is 23.9. The quantitative estimate of drug-likeness (QED) is 0.650. The van der Waals surface area contributed by atoms with E-state index in [9.17, 15) is 4.79 Å². The van der Waals surface area contributed by atoms with E-state index in [0.29, 0.717) is 11.4 Å². The maximum absolute atomic E-state index is 13.4. The number of ether oxygens (including phenoxy) is 1. The first-order valence-electron chi connectivity index (χ1n) is 12.9. The molecule has 2 saturated heterocycles. The molecule has 6 nitrogen and oxygen atoms in total. The molecule has 0 radical (unpaired) electrons. The Balaban J connectivity index is 1.12. The molecule has 0 bridgehead atoms. The number of likely N-dealkylation sites (tertiary alicyclic amines) is 1. The Morgan fingerprint density at radius 2 is 1.91 bits per heavy atom. The van der Waals surface area contributed by atoms with E-state index in [0.717, 1.165) is 78.8 Å². The first-order valence-corrected chi connectivity index (χ1v) is 13.3. The van der Waals surface area contributed by atoms with Gasteiger partial charge in [-0.3, -0.25) is 14.7 Å². The molecule has 184 valence electrons. The summed E-state index contributed by atoms with van der Waals surface area (Å²) >= 11 is 6.52. The standard InChI is InChI=1S/C28H33ClN4O2/c1-31-9-6-19(7-10-31)18-32-11-13-33(14-12-32)28(34)26-16-20-15-21(29)17-24(27(20)35-26)22-5-8-30-25-4-2-3-23(22)25/h2-3,5,8,15,17,19,26H,4,6-7,9-14,16,18H2,1H3. The Labute approximate surface area is 212 Å². The van der Waals surface area contributed by atoms with E-state index in [2.05, 4.69) is 34.0 Å². The minimum absolute atomic E-state index is 0.0991. The highest BCUT2D eigenvalue weighted by molar-refractivity contribution is 6.31. The number of piperazine rings is 1. The number of fused-ring (bicyclic) bond motifs is 2. The lowest BCUT2D eigenvalue weighted by atomic mass is 9.96. The van der Waals surface area contributed by atoms with Gasteiger partial charge in [0.25, 0.3) is 5.91 Å². The zero-order valence-electron chi connectivity index (χ0n) is 20.4. The molecule has 1 aromatic carbocycles. The van der Waals surface area contributed by atoms with Gasteiger partial charge in [0.15, 0.2) is 6.10 Å². The lowest BCUT2D eigenvalue weighted by molar-refractivity contribution is -0.139. The fraction of sp³-hybridized carbons (Fsp3) is 0.500.